The van der Waals surface area contributed by atoms with Gasteiger partial charge in [-0.2, -0.15) is 5.06 Å². The third-order valence-electron chi connectivity index (χ3n) is 4.21. The fourth-order valence-electron chi connectivity index (χ4n) is 2.48. The molecule has 1 aromatic carbocycles. The molecule has 0 heterocycles. The molecule has 12 heteroatoms. The molecule has 0 saturated carbocycles. The van der Waals surface area contributed by atoms with E-state index in [1.807, 2.05) is 0 Å². The van der Waals surface area contributed by atoms with Crippen molar-refractivity contribution in [3.05, 3.63) is 29.8 Å². The zero-order chi connectivity index (χ0) is 24.3. The number of hydroxylamine groups is 1. The second kappa shape index (κ2) is 12.7. The van der Waals surface area contributed by atoms with Crippen LogP contribution in [0.25, 0.3) is 0 Å². The number of carboxylic acid groups (broad SMARTS) is 2. The van der Waals surface area contributed by atoms with Crippen LogP contribution in [0.1, 0.15) is 31.2 Å². The number of nitrogens with zero attached hydrogens (tertiary/aromatic N) is 1. The Labute approximate surface area is 183 Å². The number of amides is 3. The molecule has 0 radical (unpaired) electrons. The number of aliphatic carboxylic acids is 2. The van der Waals surface area contributed by atoms with Crippen molar-refractivity contribution in [2.45, 2.75) is 37.8 Å². The second-order valence-electron chi connectivity index (χ2n) is 6.65. The summed E-state index contributed by atoms with van der Waals surface area (Å²) in [4.78, 5) is 58.0. The van der Waals surface area contributed by atoms with Crippen LogP contribution in [0.4, 0.5) is 5.69 Å². The Hall–Kier alpha value is -3.95. The molecule has 0 aliphatic rings. The molecule has 0 fully saturated rings. The molecule has 32 heavy (non-hydrogen) atoms. The lowest BCUT2D eigenvalue weighted by Crippen LogP contribution is -2.48. The first kappa shape index (κ1) is 26.1. The van der Waals surface area contributed by atoms with E-state index in [0.29, 0.717) is 10.6 Å². The summed E-state index contributed by atoms with van der Waals surface area (Å²) >= 11 is 0. The zero-order valence-corrected chi connectivity index (χ0v) is 17.0. The van der Waals surface area contributed by atoms with Crippen LogP contribution in [-0.2, 0) is 24.0 Å². The van der Waals surface area contributed by atoms with Crippen LogP contribution in [0.5, 0.6) is 0 Å². The number of hydrogen-bond donors (Lipinski definition) is 6. The van der Waals surface area contributed by atoms with E-state index in [2.05, 4.69) is 16.6 Å². The normalized spacial score (nSPS) is 12.0. The molecule has 2 atom stereocenters. The molecular formula is C20H24N4O8. The van der Waals surface area contributed by atoms with Gasteiger partial charge in [0.1, 0.15) is 18.6 Å². The summed E-state index contributed by atoms with van der Waals surface area (Å²) in [7, 11) is 0. The summed E-state index contributed by atoms with van der Waals surface area (Å²) in [5, 5.41) is 32.3. The number of terminal acetylenes is 1. The quantitative estimate of drug-likeness (QED) is 0.132. The monoisotopic (exact) mass is 448 g/mol. The lowest BCUT2D eigenvalue weighted by molar-refractivity contribution is -0.139. The van der Waals surface area contributed by atoms with Gasteiger partial charge in [-0.15, -0.1) is 6.42 Å². The number of carbonyl (C=O) groups excluding carboxylic acids is 3. The van der Waals surface area contributed by atoms with Crippen molar-refractivity contribution in [2.24, 2.45) is 5.73 Å². The molecule has 12 nitrogen and oxygen atoms in total. The smallest absolute Gasteiger partial charge is 0.322 e. The Morgan fingerprint density at radius 2 is 1.81 bits per heavy atom. The van der Waals surface area contributed by atoms with E-state index in [0.717, 1.165) is 0 Å². The molecule has 1 aromatic rings. The molecule has 172 valence electrons. The van der Waals surface area contributed by atoms with Crippen LogP contribution >= 0.6 is 0 Å². The van der Waals surface area contributed by atoms with Gasteiger partial charge in [0.25, 0.3) is 5.91 Å². The standard InChI is InChI=1S/C20H24N4O8/c1-2-12-4-3-5-13(10-12)24(32)17(26)9-7-15(19(29)22-11-18(27)28)23-16(25)8-6-14(21)20(30)31/h1,3-5,10,14-15,32H,6-9,11,21H2,(H,22,29)(H,23,25)(H,27,28)(H,30,31)/t14-,15+/m0/s1. The Morgan fingerprint density at radius 3 is 2.41 bits per heavy atom. The van der Waals surface area contributed by atoms with Gasteiger partial charge in [0.15, 0.2) is 0 Å². The number of hydrogen-bond acceptors (Lipinski definition) is 7. The van der Waals surface area contributed by atoms with Crippen molar-refractivity contribution in [3.63, 3.8) is 0 Å². The molecule has 0 aromatic heterocycles. The molecule has 0 bridgehead atoms. The zero-order valence-electron chi connectivity index (χ0n) is 17.0. The molecule has 0 spiro atoms. The van der Waals surface area contributed by atoms with Crippen LogP contribution < -0.4 is 21.4 Å². The summed E-state index contributed by atoms with van der Waals surface area (Å²) < 4.78 is 0. The Balaban J connectivity index is 2.79. The Kier molecular flexibility index (Phi) is 10.3. The summed E-state index contributed by atoms with van der Waals surface area (Å²) in [5.41, 5.74) is 5.85. The number of nitrogens with two attached hydrogens (primary N) is 1. The molecule has 0 aliphatic carbocycles. The van der Waals surface area contributed by atoms with Gasteiger partial charge in [-0.3, -0.25) is 29.2 Å². The van der Waals surface area contributed by atoms with E-state index >= 15 is 0 Å². The maximum Gasteiger partial charge on any atom is 0.322 e. The largest absolute Gasteiger partial charge is 0.480 e. The molecule has 1 rings (SSSR count). The minimum atomic E-state index is -1.32. The van der Waals surface area contributed by atoms with Crippen molar-refractivity contribution in [2.75, 3.05) is 11.6 Å². The van der Waals surface area contributed by atoms with Crippen LogP contribution in [-0.4, -0.2) is 63.7 Å². The Morgan fingerprint density at radius 1 is 1.12 bits per heavy atom. The third kappa shape index (κ3) is 8.82. The third-order valence-corrected chi connectivity index (χ3v) is 4.21. The predicted molar refractivity (Wildman–Crippen MR) is 110 cm³/mol. The highest BCUT2D eigenvalue weighted by Crippen LogP contribution is 2.16. The fourth-order valence-corrected chi connectivity index (χ4v) is 2.48. The van der Waals surface area contributed by atoms with Crippen LogP contribution in [0.15, 0.2) is 24.3 Å². The highest BCUT2D eigenvalue weighted by atomic mass is 16.5. The summed E-state index contributed by atoms with van der Waals surface area (Å²) in [6, 6.07) is 3.37. The van der Waals surface area contributed by atoms with E-state index < -0.39 is 54.7 Å². The summed E-state index contributed by atoms with van der Waals surface area (Å²) in [5.74, 6) is -2.65. The van der Waals surface area contributed by atoms with Crippen molar-refractivity contribution in [3.8, 4) is 12.3 Å². The number of rotatable bonds is 12. The van der Waals surface area contributed by atoms with Gasteiger partial charge in [0.2, 0.25) is 11.8 Å². The van der Waals surface area contributed by atoms with E-state index in [1.165, 1.54) is 18.2 Å². The SMILES string of the molecule is C#Cc1cccc(N(O)C(=O)CC[C@@H](NC(=O)CC[C@H](N)C(=O)O)C(=O)NCC(=O)O)c1. The molecule has 0 unspecified atom stereocenters. The molecule has 0 aliphatic heterocycles. The number of carboxylic acids is 2. The maximum absolute atomic E-state index is 12.3. The van der Waals surface area contributed by atoms with Crippen molar-refractivity contribution in [1.29, 1.82) is 0 Å². The van der Waals surface area contributed by atoms with Crippen molar-refractivity contribution in [1.82, 2.24) is 10.6 Å². The van der Waals surface area contributed by atoms with E-state index in [-0.39, 0.29) is 24.9 Å². The van der Waals surface area contributed by atoms with E-state index in [4.69, 9.17) is 22.4 Å². The number of nitrogens with one attached hydrogen (secondary N) is 2. The first-order chi connectivity index (χ1) is 15.0. The van der Waals surface area contributed by atoms with Crippen molar-refractivity contribution < 1.29 is 39.4 Å². The van der Waals surface area contributed by atoms with Crippen molar-refractivity contribution >= 4 is 35.3 Å². The Bertz CT molecular complexity index is 911. The van der Waals surface area contributed by atoms with Gasteiger partial charge in [0, 0.05) is 18.4 Å². The van der Waals surface area contributed by atoms with Crippen LogP contribution in [0, 0.1) is 12.3 Å². The van der Waals surface area contributed by atoms with E-state index in [9.17, 15) is 29.2 Å². The van der Waals surface area contributed by atoms with Gasteiger partial charge >= 0.3 is 11.9 Å². The second-order valence-corrected chi connectivity index (χ2v) is 6.65. The van der Waals surface area contributed by atoms with Gasteiger partial charge < -0.3 is 26.6 Å². The highest BCUT2D eigenvalue weighted by molar-refractivity contribution is 5.93. The predicted octanol–water partition coefficient (Wildman–Crippen LogP) is -0.952. The van der Waals surface area contributed by atoms with Gasteiger partial charge in [0.05, 0.1) is 5.69 Å². The number of anilines is 1. The lowest BCUT2D eigenvalue weighted by atomic mass is 10.1. The molecule has 3 amide bonds. The summed E-state index contributed by atoms with van der Waals surface area (Å²) in [6.07, 6.45) is 4.11. The lowest BCUT2D eigenvalue weighted by Gasteiger charge is -2.20. The molecular weight excluding hydrogens is 424 g/mol. The first-order valence-electron chi connectivity index (χ1n) is 9.41. The first-order valence-corrected chi connectivity index (χ1v) is 9.41. The topological polar surface area (TPSA) is 199 Å². The number of benzene rings is 1. The average Bonchev–Trinajstić information content (AvgIpc) is 2.77. The summed E-state index contributed by atoms with van der Waals surface area (Å²) in [6.45, 7) is -0.714. The molecule has 0 saturated heterocycles. The highest BCUT2D eigenvalue weighted by Gasteiger charge is 2.24. The number of carbonyl (C=O) groups is 5. The minimum absolute atomic E-state index is 0.101. The van der Waals surface area contributed by atoms with Crippen LogP contribution in [0.3, 0.4) is 0 Å². The van der Waals surface area contributed by atoms with E-state index in [1.54, 1.807) is 6.07 Å². The van der Waals surface area contributed by atoms with Gasteiger partial charge in [-0.1, -0.05) is 12.0 Å². The van der Waals surface area contributed by atoms with Gasteiger partial charge in [-0.25, -0.2) is 0 Å². The average molecular weight is 448 g/mol. The minimum Gasteiger partial charge on any atom is -0.480 e. The fraction of sp³-hybridized carbons (Fsp3) is 0.350. The van der Waals surface area contributed by atoms with Gasteiger partial charge in [-0.05, 0) is 31.0 Å². The van der Waals surface area contributed by atoms with Crippen LogP contribution in [0.2, 0.25) is 0 Å². The molecule has 7 N–H and O–H groups in total. The maximum atomic E-state index is 12.3.